The number of carbonyl (C=O) groups excluding carboxylic acids is 1. The van der Waals surface area contributed by atoms with Gasteiger partial charge in [0.25, 0.3) is 0 Å². The summed E-state index contributed by atoms with van der Waals surface area (Å²) in [6, 6.07) is 9.79. The van der Waals surface area contributed by atoms with E-state index in [0.717, 1.165) is 37.1 Å². The molecule has 1 aliphatic rings. The van der Waals surface area contributed by atoms with Gasteiger partial charge < -0.3 is 15.0 Å². The number of aryl methyl sites for hydroxylation is 2. The summed E-state index contributed by atoms with van der Waals surface area (Å²) >= 11 is 0. The number of imidazole rings is 1. The minimum absolute atomic E-state index is 0.00547. The van der Waals surface area contributed by atoms with Crippen LogP contribution in [0.1, 0.15) is 43.1 Å². The second-order valence-corrected chi connectivity index (χ2v) is 6.53. The van der Waals surface area contributed by atoms with Crippen molar-refractivity contribution in [1.82, 2.24) is 14.9 Å². The number of benzene rings is 1. The van der Waals surface area contributed by atoms with Gasteiger partial charge in [0.15, 0.2) is 0 Å². The molecule has 5 nitrogen and oxygen atoms in total. The zero-order valence-corrected chi connectivity index (χ0v) is 14.1. The number of aliphatic hydroxyl groups excluding tert-OH is 1. The Bertz CT molecular complexity index is 668. The molecule has 1 saturated carbocycles. The van der Waals surface area contributed by atoms with Crippen LogP contribution in [0.3, 0.4) is 0 Å². The molecule has 0 radical (unpaired) electrons. The zero-order valence-electron chi connectivity index (χ0n) is 14.1. The van der Waals surface area contributed by atoms with Crippen molar-refractivity contribution >= 4 is 5.91 Å². The van der Waals surface area contributed by atoms with Gasteiger partial charge in [0.05, 0.1) is 18.2 Å². The summed E-state index contributed by atoms with van der Waals surface area (Å²) in [5.74, 6) is 0.904. The lowest BCUT2D eigenvalue weighted by molar-refractivity contribution is -0.123. The molecule has 0 bridgehead atoms. The van der Waals surface area contributed by atoms with Gasteiger partial charge in [-0.1, -0.05) is 30.3 Å². The van der Waals surface area contributed by atoms with E-state index in [0.29, 0.717) is 6.42 Å². The first-order chi connectivity index (χ1) is 11.6. The van der Waals surface area contributed by atoms with Crippen molar-refractivity contribution < 1.29 is 9.90 Å². The molecule has 3 atom stereocenters. The fourth-order valence-corrected chi connectivity index (χ4v) is 3.54. The maximum absolute atomic E-state index is 12.2. The molecule has 3 rings (SSSR count). The summed E-state index contributed by atoms with van der Waals surface area (Å²) in [6.45, 7) is 1.94. The average molecular weight is 327 g/mol. The number of hydrogen-bond acceptors (Lipinski definition) is 3. The third kappa shape index (κ3) is 3.85. The molecule has 0 aliphatic heterocycles. The largest absolute Gasteiger partial charge is 0.389 e. The molecule has 0 unspecified atom stereocenters. The number of rotatable bonds is 5. The Morgan fingerprint density at radius 3 is 2.83 bits per heavy atom. The smallest absolute Gasteiger partial charge is 0.220 e. The maximum Gasteiger partial charge on any atom is 0.220 e. The van der Waals surface area contributed by atoms with E-state index in [2.05, 4.69) is 10.3 Å². The Morgan fingerprint density at radius 1 is 1.33 bits per heavy atom. The zero-order chi connectivity index (χ0) is 16.9. The number of aliphatic hydroxyl groups is 1. The molecule has 2 aromatic rings. The van der Waals surface area contributed by atoms with Gasteiger partial charge in [0, 0.05) is 18.8 Å². The number of hydrogen-bond donors (Lipinski definition) is 2. The van der Waals surface area contributed by atoms with E-state index in [4.69, 9.17) is 0 Å². The summed E-state index contributed by atoms with van der Waals surface area (Å²) in [7, 11) is 0. The lowest BCUT2D eigenvalue weighted by Gasteiger charge is -2.36. The van der Waals surface area contributed by atoms with Crippen LogP contribution in [0.5, 0.6) is 0 Å². The molecule has 1 aliphatic carbocycles. The van der Waals surface area contributed by atoms with Crippen LogP contribution < -0.4 is 5.32 Å². The highest BCUT2D eigenvalue weighted by molar-refractivity contribution is 5.76. The van der Waals surface area contributed by atoms with E-state index in [1.807, 2.05) is 48.0 Å². The number of nitrogens with one attached hydrogen (secondary N) is 1. The van der Waals surface area contributed by atoms with Crippen LogP contribution in [-0.2, 0) is 11.2 Å². The fourth-order valence-electron chi connectivity index (χ4n) is 3.54. The number of amides is 1. The number of aromatic nitrogens is 2. The third-order valence-electron chi connectivity index (χ3n) is 4.87. The summed E-state index contributed by atoms with van der Waals surface area (Å²) in [4.78, 5) is 16.5. The van der Waals surface area contributed by atoms with Crippen molar-refractivity contribution in [3.63, 3.8) is 0 Å². The molecule has 2 N–H and O–H groups in total. The van der Waals surface area contributed by atoms with E-state index in [9.17, 15) is 9.90 Å². The second-order valence-electron chi connectivity index (χ2n) is 6.53. The minimum atomic E-state index is -0.577. The van der Waals surface area contributed by atoms with Crippen molar-refractivity contribution in [1.29, 1.82) is 0 Å². The van der Waals surface area contributed by atoms with Crippen molar-refractivity contribution in [3.8, 4) is 0 Å². The Kier molecular flexibility index (Phi) is 5.30. The van der Waals surface area contributed by atoms with Crippen molar-refractivity contribution in [2.24, 2.45) is 0 Å². The highest BCUT2D eigenvalue weighted by Crippen LogP contribution is 2.30. The summed E-state index contributed by atoms with van der Waals surface area (Å²) < 4.78 is 2.02. The van der Waals surface area contributed by atoms with Gasteiger partial charge in [0.1, 0.15) is 5.82 Å². The van der Waals surface area contributed by atoms with Crippen LogP contribution in [0.25, 0.3) is 0 Å². The fraction of sp³-hybridized carbons (Fsp3) is 0.474. The Hall–Kier alpha value is -2.14. The molecular weight excluding hydrogens is 302 g/mol. The molecule has 0 spiro atoms. The van der Waals surface area contributed by atoms with E-state index in [1.165, 1.54) is 0 Å². The van der Waals surface area contributed by atoms with Gasteiger partial charge in [-0.15, -0.1) is 0 Å². The Balaban J connectivity index is 1.56. The van der Waals surface area contributed by atoms with Crippen LogP contribution in [0.2, 0.25) is 0 Å². The summed E-state index contributed by atoms with van der Waals surface area (Å²) in [5.41, 5.74) is 1.16. The van der Waals surface area contributed by atoms with Gasteiger partial charge in [-0.3, -0.25) is 4.79 Å². The summed E-state index contributed by atoms with van der Waals surface area (Å²) in [5, 5.41) is 13.7. The van der Waals surface area contributed by atoms with Crippen molar-refractivity contribution in [2.45, 2.75) is 57.2 Å². The van der Waals surface area contributed by atoms with Crippen LogP contribution in [0, 0.1) is 6.92 Å². The molecule has 24 heavy (non-hydrogen) atoms. The average Bonchev–Trinajstić information content (AvgIpc) is 3.02. The maximum atomic E-state index is 12.2. The van der Waals surface area contributed by atoms with Gasteiger partial charge in [0.2, 0.25) is 5.91 Å². The molecule has 128 valence electrons. The minimum Gasteiger partial charge on any atom is -0.389 e. The second kappa shape index (κ2) is 7.62. The highest BCUT2D eigenvalue weighted by atomic mass is 16.3. The van der Waals surface area contributed by atoms with Crippen LogP contribution in [-0.4, -0.2) is 32.7 Å². The van der Waals surface area contributed by atoms with E-state index in [-0.39, 0.29) is 18.0 Å². The standard InChI is InChI=1S/C19H25N3O2/c1-14-20-12-13-22(14)17-9-5-8-16(19(17)24)21-18(23)11-10-15-6-3-2-4-7-15/h2-4,6-7,12-13,16-17,19,24H,5,8-11H2,1H3,(H,21,23)/t16-,17-,19-/m1/s1. The van der Waals surface area contributed by atoms with Crippen LogP contribution in [0.15, 0.2) is 42.7 Å². The first-order valence-corrected chi connectivity index (χ1v) is 8.66. The van der Waals surface area contributed by atoms with Crippen LogP contribution in [0.4, 0.5) is 0 Å². The molecule has 1 amide bonds. The topological polar surface area (TPSA) is 67.2 Å². The van der Waals surface area contributed by atoms with Crippen LogP contribution >= 0.6 is 0 Å². The van der Waals surface area contributed by atoms with Gasteiger partial charge >= 0.3 is 0 Å². The highest BCUT2D eigenvalue weighted by Gasteiger charge is 2.34. The molecule has 5 heteroatoms. The lowest BCUT2D eigenvalue weighted by atomic mass is 9.87. The van der Waals surface area contributed by atoms with Gasteiger partial charge in [-0.25, -0.2) is 4.98 Å². The van der Waals surface area contributed by atoms with Crippen molar-refractivity contribution in [3.05, 3.63) is 54.1 Å². The Labute approximate surface area is 142 Å². The summed E-state index contributed by atoms with van der Waals surface area (Å²) in [6.07, 6.45) is 6.97. The Morgan fingerprint density at radius 2 is 2.12 bits per heavy atom. The first kappa shape index (κ1) is 16.7. The molecule has 1 aromatic heterocycles. The van der Waals surface area contributed by atoms with Crippen molar-refractivity contribution in [2.75, 3.05) is 0 Å². The van der Waals surface area contributed by atoms with Gasteiger partial charge in [-0.05, 0) is 38.2 Å². The van der Waals surface area contributed by atoms with E-state index in [1.54, 1.807) is 6.20 Å². The van der Waals surface area contributed by atoms with E-state index < -0.39 is 6.10 Å². The monoisotopic (exact) mass is 327 g/mol. The number of carbonyl (C=O) groups is 1. The number of nitrogens with zero attached hydrogens (tertiary/aromatic N) is 2. The molecule has 1 aromatic carbocycles. The molecule has 1 fully saturated rings. The molecule has 0 saturated heterocycles. The van der Waals surface area contributed by atoms with Gasteiger partial charge in [-0.2, -0.15) is 0 Å². The SMILES string of the molecule is Cc1nccn1[C@@H]1CCC[C@@H](NC(=O)CCc2ccccc2)[C@H]1O. The quantitative estimate of drug-likeness (QED) is 0.886. The third-order valence-corrected chi connectivity index (χ3v) is 4.87. The van der Waals surface area contributed by atoms with E-state index >= 15 is 0 Å². The predicted octanol–water partition coefficient (Wildman–Crippen LogP) is 2.40. The lowest BCUT2D eigenvalue weighted by Crippen LogP contribution is -2.49. The molecule has 1 heterocycles. The molecular formula is C19H25N3O2. The first-order valence-electron chi connectivity index (χ1n) is 8.66. The predicted molar refractivity (Wildman–Crippen MR) is 92.6 cm³/mol. The normalized spacial score (nSPS) is 23.8.